The van der Waals surface area contributed by atoms with Crippen LogP contribution in [0.3, 0.4) is 0 Å². The SMILES string of the molecule is N#C/C(N)=C(/N)C(N)=O. The molecule has 0 aromatic carbocycles. The zero-order valence-electron chi connectivity index (χ0n) is 4.59. The lowest BCUT2D eigenvalue weighted by atomic mass is 10.3. The third kappa shape index (κ3) is 1.69. The van der Waals surface area contributed by atoms with Gasteiger partial charge in [0.15, 0.2) is 0 Å². The van der Waals surface area contributed by atoms with E-state index < -0.39 is 11.6 Å². The quantitative estimate of drug-likeness (QED) is 0.281. The number of carbonyl (C=O) groups excluding carboxylic acids is 1. The molecule has 0 heterocycles. The van der Waals surface area contributed by atoms with E-state index in [1.54, 1.807) is 0 Å². The molecule has 0 aliphatic carbocycles. The predicted molar refractivity (Wildman–Crippen MR) is 30.2 cm³/mol. The number of amides is 1. The van der Waals surface area contributed by atoms with E-state index in [1.165, 1.54) is 6.07 Å². The molecule has 0 fully saturated rings. The summed E-state index contributed by atoms with van der Waals surface area (Å²) in [6.07, 6.45) is 0. The highest BCUT2D eigenvalue weighted by Crippen LogP contribution is 1.85. The van der Waals surface area contributed by atoms with Crippen LogP contribution in [-0.2, 0) is 4.79 Å². The Kier molecular flexibility index (Phi) is 2.08. The molecule has 1 amide bonds. The van der Waals surface area contributed by atoms with E-state index in [-0.39, 0.29) is 5.70 Å². The van der Waals surface area contributed by atoms with Crippen LogP contribution in [0.15, 0.2) is 11.4 Å². The van der Waals surface area contributed by atoms with Crippen molar-refractivity contribution in [2.75, 3.05) is 0 Å². The monoisotopic (exact) mass is 126 g/mol. The lowest BCUT2D eigenvalue weighted by Crippen LogP contribution is -2.24. The molecule has 5 nitrogen and oxygen atoms in total. The van der Waals surface area contributed by atoms with Crippen molar-refractivity contribution >= 4 is 5.91 Å². The van der Waals surface area contributed by atoms with E-state index >= 15 is 0 Å². The highest BCUT2D eigenvalue weighted by Gasteiger charge is 2.02. The molecule has 9 heavy (non-hydrogen) atoms. The van der Waals surface area contributed by atoms with Crippen molar-refractivity contribution in [3.8, 4) is 6.07 Å². The van der Waals surface area contributed by atoms with Gasteiger partial charge in [0.25, 0.3) is 5.91 Å². The second-order valence-electron chi connectivity index (χ2n) is 1.30. The lowest BCUT2D eigenvalue weighted by molar-refractivity contribution is -0.114. The van der Waals surface area contributed by atoms with Crippen LogP contribution in [0.2, 0.25) is 0 Å². The van der Waals surface area contributed by atoms with Crippen molar-refractivity contribution in [3.05, 3.63) is 11.4 Å². The first-order valence-electron chi connectivity index (χ1n) is 2.04. The number of nitrogens with zero attached hydrogens (tertiary/aromatic N) is 1. The molecule has 0 spiro atoms. The van der Waals surface area contributed by atoms with Crippen LogP contribution < -0.4 is 17.2 Å². The van der Waals surface area contributed by atoms with Crippen molar-refractivity contribution in [2.24, 2.45) is 17.2 Å². The van der Waals surface area contributed by atoms with E-state index in [1.807, 2.05) is 0 Å². The van der Waals surface area contributed by atoms with E-state index in [0.717, 1.165) is 0 Å². The average molecular weight is 126 g/mol. The molecule has 0 aliphatic heterocycles. The minimum atomic E-state index is -0.881. The van der Waals surface area contributed by atoms with Crippen molar-refractivity contribution in [3.63, 3.8) is 0 Å². The molecule has 0 atom stereocenters. The van der Waals surface area contributed by atoms with Gasteiger partial charge in [-0.25, -0.2) is 0 Å². The largest absolute Gasteiger partial charge is 0.392 e. The number of nitrogens with two attached hydrogens (primary N) is 3. The van der Waals surface area contributed by atoms with Crippen LogP contribution in [-0.4, -0.2) is 5.91 Å². The topological polar surface area (TPSA) is 119 Å². The normalized spacial score (nSPS) is 11.4. The Bertz CT molecular complexity index is 199. The Morgan fingerprint density at radius 3 is 1.89 bits per heavy atom. The molecule has 0 rings (SSSR count). The molecule has 6 N–H and O–H groups in total. The fraction of sp³-hybridized carbons (Fsp3) is 0. The van der Waals surface area contributed by atoms with Gasteiger partial charge >= 0.3 is 0 Å². The van der Waals surface area contributed by atoms with Gasteiger partial charge in [-0.2, -0.15) is 5.26 Å². The van der Waals surface area contributed by atoms with Gasteiger partial charge in [0.1, 0.15) is 17.5 Å². The van der Waals surface area contributed by atoms with E-state index in [4.69, 9.17) is 16.7 Å². The lowest BCUT2D eigenvalue weighted by Gasteiger charge is -1.92. The Balaban J connectivity index is 4.54. The van der Waals surface area contributed by atoms with Gasteiger partial charge in [0.05, 0.1) is 0 Å². The molecule has 0 aliphatic rings. The first kappa shape index (κ1) is 7.30. The molecular weight excluding hydrogens is 120 g/mol. The minimum absolute atomic E-state index is 0.345. The number of nitriles is 1. The summed E-state index contributed by atoms with van der Waals surface area (Å²) in [7, 11) is 0. The first-order chi connectivity index (χ1) is 4.09. The van der Waals surface area contributed by atoms with Gasteiger partial charge in [-0.1, -0.05) is 0 Å². The third-order valence-corrected chi connectivity index (χ3v) is 0.676. The second-order valence-corrected chi connectivity index (χ2v) is 1.30. The van der Waals surface area contributed by atoms with Crippen molar-refractivity contribution < 1.29 is 4.79 Å². The van der Waals surface area contributed by atoms with E-state index in [0.29, 0.717) is 0 Å². The molecule has 0 saturated carbocycles. The smallest absolute Gasteiger partial charge is 0.267 e. The average Bonchev–Trinajstić information content (AvgIpc) is 1.84. The van der Waals surface area contributed by atoms with Crippen LogP contribution in [0, 0.1) is 11.3 Å². The van der Waals surface area contributed by atoms with E-state index in [9.17, 15) is 4.79 Å². The summed E-state index contributed by atoms with van der Waals surface area (Å²) in [6, 6.07) is 1.48. The summed E-state index contributed by atoms with van der Waals surface area (Å²) >= 11 is 0. The number of hydrogen-bond donors (Lipinski definition) is 3. The molecule has 0 aromatic rings. The fourth-order valence-corrected chi connectivity index (χ4v) is 0.193. The Morgan fingerprint density at radius 2 is 1.78 bits per heavy atom. The summed E-state index contributed by atoms with van der Waals surface area (Å²) in [4.78, 5) is 10.1. The first-order valence-corrected chi connectivity index (χ1v) is 2.04. The molecule has 0 radical (unpaired) electrons. The summed E-state index contributed by atoms with van der Waals surface area (Å²) in [5.41, 5.74) is 13.8. The minimum Gasteiger partial charge on any atom is -0.392 e. The Morgan fingerprint density at radius 1 is 1.33 bits per heavy atom. The summed E-state index contributed by atoms with van der Waals surface area (Å²) in [5, 5.41) is 8.03. The maximum atomic E-state index is 10.1. The van der Waals surface area contributed by atoms with Crippen LogP contribution in [0.1, 0.15) is 0 Å². The zero-order chi connectivity index (χ0) is 7.44. The molecule has 0 saturated heterocycles. The van der Waals surface area contributed by atoms with Gasteiger partial charge in [-0.15, -0.1) is 0 Å². The van der Waals surface area contributed by atoms with Gasteiger partial charge < -0.3 is 17.2 Å². The van der Waals surface area contributed by atoms with Gasteiger partial charge in [-0.05, 0) is 0 Å². The summed E-state index contributed by atoms with van der Waals surface area (Å²) in [6.45, 7) is 0. The number of rotatable bonds is 1. The van der Waals surface area contributed by atoms with Gasteiger partial charge in [-0.3, -0.25) is 4.79 Å². The number of primary amides is 1. The van der Waals surface area contributed by atoms with Crippen LogP contribution in [0.4, 0.5) is 0 Å². The predicted octanol–water partition coefficient (Wildman–Crippen LogP) is -1.88. The number of hydrogen-bond acceptors (Lipinski definition) is 4. The molecular formula is C4H6N4O. The molecule has 0 unspecified atom stereocenters. The van der Waals surface area contributed by atoms with Crippen LogP contribution >= 0.6 is 0 Å². The van der Waals surface area contributed by atoms with Gasteiger partial charge in [0.2, 0.25) is 0 Å². The number of allylic oxidation sites excluding steroid dienone is 1. The van der Waals surface area contributed by atoms with Gasteiger partial charge in [0, 0.05) is 0 Å². The maximum absolute atomic E-state index is 10.1. The zero-order valence-corrected chi connectivity index (χ0v) is 4.59. The summed E-state index contributed by atoms with van der Waals surface area (Å²) in [5.74, 6) is -0.881. The van der Waals surface area contributed by atoms with Crippen LogP contribution in [0.5, 0.6) is 0 Å². The molecule has 0 bridgehead atoms. The van der Waals surface area contributed by atoms with Crippen molar-refractivity contribution in [1.82, 2.24) is 0 Å². The van der Waals surface area contributed by atoms with E-state index in [2.05, 4.69) is 5.73 Å². The highest BCUT2D eigenvalue weighted by atomic mass is 16.1. The highest BCUT2D eigenvalue weighted by molar-refractivity contribution is 5.92. The fourth-order valence-electron chi connectivity index (χ4n) is 0.193. The third-order valence-electron chi connectivity index (χ3n) is 0.676. The standard InChI is InChI=1S/C4H6N4O/c5-1-2(6)3(7)4(8)9/h6-7H2,(H2,8,9)/b3-2-. The van der Waals surface area contributed by atoms with Crippen molar-refractivity contribution in [2.45, 2.75) is 0 Å². The number of carbonyl (C=O) groups is 1. The summed E-state index contributed by atoms with van der Waals surface area (Å²) < 4.78 is 0. The second kappa shape index (κ2) is 2.57. The van der Waals surface area contributed by atoms with Crippen molar-refractivity contribution in [1.29, 1.82) is 5.26 Å². The maximum Gasteiger partial charge on any atom is 0.267 e. The molecule has 5 heteroatoms. The Hall–Kier alpha value is -1.70. The Labute approximate surface area is 51.7 Å². The molecule has 0 aromatic heterocycles. The molecule has 48 valence electrons. The van der Waals surface area contributed by atoms with Crippen LogP contribution in [0.25, 0.3) is 0 Å².